The van der Waals surface area contributed by atoms with Crippen molar-refractivity contribution in [3.8, 4) is 11.4 Å². The molecule has 6 heteroatoms. The first kappa shape index (κ1) is 16.8. The molecule has 0 radical (unpaired) electrons. The first-order chi connectivity index (χ1) is 12.2. The molecule has 0 bridgehead atoms. The summed E-state index contributed by atoms with van der Waals surface area (Å²) in [5, 5.41) is 11.8. The third-order valence-electron chi connectivity index (χ3n) is 3.76. The highest BCUT2D eigenvalue weighted by atomic mass is 16.7. The second-order valence-corrected chi connectivity index (χ2v) is 5.77. The Bertz CT molecular complexity index is 830. The molecule has 0 saturated heterocycles. The summed E-state index contributed by atoms with van der Waals surface area (Å²) in [5.74, 6) is 0.0638. The second kappa shape index (κ2) is 8.19. The van der Waals surface area contributed by atoms with Gasteiger partial charge in [-0.2, -0.15) is 0 Å². The van der Waals surface area contributed by atoms with Crippen molar-refractivity contribution < 1.29 is 9.63 Å². The molecule has 6 nitrogen and oxygen atoms in total. The van der Waals surface area contributed by atoms with Gasteiger partial charge in [0.2, 0.25) is 5.82 Å². The van der Waals surface area contributed by atoms with Crippen LogP contribution in [-0.2, 0) is 17.6 Å². The zero-order valence-corrected chi connectivity index (χ0v) is 14.1. The largest absolute Gasteiger partial charge is 0.336 e. The average Bonchev–Trinajstić information content (AvgIpc) is 3.10. The maximum absolute atomic E-state index is 11.5. The predicted molar refractivity (Wildman–Crippen MR) is 93.6 cm³/mol. The quantitative estimate of drug-likeness (QED) is 0.621. The van der Waals surface area contributed by atoms with E-state index in [4.69, 9.17) is 4.84 Å². The highest BCUT2D eigenvalue weighted by Crippen LogP contribution is 2.17. The predicted octanol–water partition coefficient (Wildman–Crippen LogP) is 2.88. The maximum atomic E-state index is 11.5. The fourth-order valence-electron chi connectivity index (χ4n) is 2.50. The van der Waals surface area contributed by atoms with Crippen LogP contribution in [0.25, 0.3) is 11.4 Å². The highest BCUT2D eigenvalue weighted by molar-refractivity contribution is 5.69. The van der Waals surface area contributed by atoms with E-state index >= 15 is 0 Å². The fourth-order valence-corrected chi connectivity index (χ4v) is 2.50. The molecule has 1 aromatic heterocycles. The fraction of sp³-hybridized carbons (Fsp3) is 0.263. The van der Waals surface area contributed by atoms with Crippen LogP contribution in [0.2, 0.25) is 0 Å². The summed E-state index contributed by atoms with van der Waals surface area (Å²) in [4.78, 5) is 17.3. The van der Waals surface area contributed by atoms with Gasteiger partial charge in [-0.1, -0.05) is 60.6 Å². The number of nitrogens with zero attached hydrogens (tertiary/aromatic N) is 4. The third kappa shape index (κ3) is 4.73. The number of rotatable bonds is 7. The molecule has 2 aromatic carbocycles. The van der Waals surface area contributed by atoms with Gasteiger partial charge in [-0.15, -0.1) is 5.10 Å². The van der Waals surface area contributed by atoms with E-state index in [-0.39, 0.29) is 5.97 Å². The number of carbonyl (C=O) groups excluding carboxylic acids is 1. The van der Waals surface area contributed by atoms with Crippen LogP contribution in [0.5, 0.6) is 0 Å². The van der Waals surface area contributed by atoms with Crippen LogP contribution in [0.15, 0.2) is 54.6 Å². The molecule has 1 heterocycles. The van der Waals surface area contributed by atoms with Crippen LogP contribution in [0.4, 0.5) is 0 Å². The van der Waals surface area contributed by atoms with Crippen LogP contribution >= 0.6 is 0 Å². The number of aryl methyl sites for hydroxylation is 2. The Morgan fingerprint density at radius 3 is 2.60 bits per heavy atom. The van der Waals surface area contributed by atoms with E-state index in [1.807, 2.05) is 43.3 Å². The normalized spacial score (nSPS) is 10.6. The summed E-state index contributed by atoms with van der Waals surface area (Å²) in [7, 11) is 0. The van der Waals surface area contributed by atoms with E-state index in [0.29, 0.717) is 18.7 Å². The van der Waals surface area contributed by atoms with Crippen molar-refractivity contribution in [2.24, 2.45) is 0 Å². The Morgan fingerprint density at radius 2 is 1.80 bits per heavy atom. The maximum Gasteiger partial charge on any atom is 0.336 e. The van der Waals surface area contributed by atoms with Crippen molar-refractivity contribution in [3.63, 3.8) is 0 Å². The van der Waals surface area contributed by atoms with E-state index < -0.39 is 0 Å². The molecule has 0 aliphatic rings. The first-order valence-electron chi connectivity index (χ1n) is 8.39. The van der Waals surface area contributed by atoms with Crippen molar-refractivity contribution in [2.75, 3.05) is 0 Å². The SMILES string of the molecule is CCCC(=O)On1nnc(-c2cccc(CCc3ccccc3)c2)n1. The summed E-state index contributed by atoms with van der Waals surface area (Å²) in [6.45, 7) is 1.91. The summed E-state index contributed by atoms with van der Waals surface area (Å²) in [6.07, 6.45) is 2.94. The molecule has 128 valence electrons. The summed E-state index contributed by atoms with van der Waals surface area (Å²) >= 11 is 0. The average molecular weight is 336 g/mol. The Labute approximate surface area is 146 Å². The van der Waals surface area contributed by atoms with Crippen LogP contribution in [0.1, 0.15) is 30.9 Å². The Morgan fingerprint density at radius 1 is 1.04 bits per heavy atom. The molecule has 0 aliphatic carbocycles. The topological polar surface area (TPSA) is 69.9 Å². The molecule has 0 spiro atoms. The van der Waals surface area contributed by atoms with Gasteiger partial charge in [0.15, 0.2) is 0 Å². The molecule has 3 aromatic rings. The van der Waals surface area contributed by atoms with E-state index in [9.17, 15) is 4.79 Å². The smallest absolute Gasteiger partial charge is 0.301 e. The van der Waals surface area contributed by atoms with Gasteiger partial charge in [-0.3, -0.25) is 0 Å². The van der Waals surface area contributed by atoms with Gasteiger partial charge in [0.05, 0.1) is 0 Å². The van der Waals surface area contributed by atoms with E-state index in [1.165, 1.54) is 11.1 Å². The van der Waals surface area contributed by atoms with Gasteiger partial charge in [-0.05, 0) is 41.7 Å². The van der Waals surface area contributed by atoms with Crippen molar-refractivity contribution in [3.05, 3.63) is 65.7 Å². The van der Waals surface area contributed by atoms with Gasteiger partial charge in [0.1, 0.15) is 0 Å². The van der Waals surface area contributed by atoms with Crippen LogP contribution in [0.3, 0.4) is 0 Å². The first-order valence-corrected chi connectivity index (χ1v) is 8.39. The Kier molecular flexibility index (Phi) is 5.51. The molecule has 25 heavy (non-hydrogen) atoms. The van der Waals surface area contributed by atoms with Gasteiger partial charge >= 0.3 is 5.97 Å². The Balaban J connectivity index is 1.67. The third-order valence-corrected chi connectivity index (χ3v) is 3.76. The lowest BCUT2D eigenvalue weighted by Crippen LogP contribution is -2.21. The minimum absolute atomic E-state index is 0.325. The lowest BCUT2D eigenvalue weighted by Gasteiger charge is -2.03. The lowest BCUT2D eigenvalue weighted by molar-refractivity contribution is -0.148. The van der Waals surface area contributed by atoms with Gasteiger partial charge in [-0.25, -0.2) is 4.79 Å². The van der Waals surface area contributed by atoms with E-state index in [1.54, 1.807) is 0 Å². The Hall–Kier alpha value is -3.02. The van der Waals surface area contributed by atoms with Gasteiger partial charge < -0.3 is 4.84 Å². The molecular weight excluding hydrogens is 316 g/mol. The lowest BCUT2D eigenvalue weighted by atomic mass is 10.0. The number of hydrogen-bond donors (Lipinski definition) is 0. The van der Waals surface area contributed by atoms with Crippen molar-refractivity contribution >= 4 is 5.97 Å². The van der Waals surface area contributed by atoms with Crippen molar-refractivity contribution in [1.82, 2.24) is 20.4 Å². The number of hydrogen-bond acceptors (Lipinski definition) is 5. The monoisotopic (exact) mass is 336 g/mol. The summed E-state index contributed by atoms with van der Waals surface area (Å²) in [6, 6.07) is 18.4. The van der Waals surface area contributed by atoms with E-state index in [2.05, 4.69) is 33.6 Å². The zero-order chi connectivity index (χ0) is 17.5. The van der Waals surface area contributed by atoms with Crippen molar-refractivity contribution in [2.45, 2.75) is 32.6 Å². The second-order valence-electron chi connectivity index (χ2n) is 5.77. The number of carbonyl (C=O) groups is 1. The molecular formula is C19H20N4O2. The van der Waals surface area contributed by atoms with Crippen LogP contribution < -0.4 is 4.84 Å². The van der Waals surface area contributed by atoms with Gasteiger partial charge in [0.25, 0.3) is 0 Å². The standard InChI is InChI=1S/C19H20N4O2/c1-2-7-18(24)25-23-21-19(20-22-23)17-11-6-10-16(14-17)13-12-15-8-4-3-5-9-15/h3-6,8-11,14H,2,7,12-13H2,1H3. The molecule has 0 atom stereocenters. The van der Waals surface area contributed by atoms with Crippen LogP contribution in [-0.4, -0.2) is 26.3 Å². The number of benzene rings is 2. The summed E-state index contributed by atoms with van der Waals surface area (Å²) < 4.78 is 0. The number of aromatic nitrogens is 4. The van der Waals surface area contributed by atoms with E-state index in [0.717, 1.165) is 23.4 Å². The highest BCUT2D eigenvalue weighted by Gasteiger charge is 2.10. The molecule has 0 fully saturated rings. The van der Waals surface area contributed by atoms with Gasteiger partial charge in [0, 0.05) is 16.9 Å². The molecule has 0 aliphatic heterocycles. The molecule has 0 saturated carbocycles. The molecule has 0 unspecified atom stereocenters. The van der Waals surface area contributed by atoms with Crippen molar-refractivity contribution in [1.29, 1.82) is 0 Å². The molecule has 3 rings (SSSR count). The number of tetrazole rings is 1. The zero-order valence-electron chi connectivity index (χ0n) is 14.1. The minimum atomic E-state index is -0.372. The van der Waals surface area contributed by atoms with Crippen LogP contribution in [0, 0.1) is 0 Å². The minimum Gasteiger partial charge on any atom is -0.301 e. The molecule has 0 amide bonds. The molecule has 0 N–H and O–H groups in total. The summed E-state index contributed by atoms with van der Waals surface area (Å²) in [5.41, 5.74) is 3.35.